The van der Waals surface area contributed by atoms with Crippen LogP contribution < -0.4 is 9.04 Å². The maximum Gasteiger partial charge on any atom is 0.327 e. The van der Waals surface area contributed by atoms with E-state index in [0.29, 0.717) is 18.5 Å². The first-order valence-electron chi connectivity index (χ1n) is 12.5. The van der Waals surface area contributed by atoms with Gasteiger partial charge in [-0.1, -0.05) is 43.5 Å². The van der Waals surface area contributed by atoms with Crippen molar-refractivity contribution in [2.24, 2.45) is 11.8 Å². The molecule has 0 aromatic heterocycles. The monoisotopic (exact) mass is 499 g/mol. The van der Waals surface area contributed by atoms with Gasteiger partial charge in [0.15, 0.2) is 0 Å². The molecule has 1 heterocycles. The molecule has 4 rings (SSSR count). The summed E-state index contributed by atoms with van der Waals surface area (Å²) in [5.41, 5.74) is 2.25. The fraction of sp³-hybridized carbons (Fsp3) is 0.519. The van der Waals surface area contributed by atoms with Crippen LogP contribution in [0.15, 0.2) is 48.5 Å². The molecule has 190 valence electrons. The maximum absolute atomic E-state index is 12.3. The summed E-state index contributed by atoms with van der Waals surface area (Å²) >= 11 is -2.70. The van der Waals surface area contributed by atoms with Gasteiger partial charge in [0.25, 0.3) is 0 Å². The third-order valence-corrected chi connectivity index (χ3v) is 8.29. The highest BCUT2D eigenvalue weighted by Crippen LogP contribution is 2.32. The Hall–Kier alpha value is -2.42. The zero-order chi connectivity index (χ0) is 24.8. The number of hydrogen-bond acceptors (Lipinski definition) is 5. The van der Waals surface area contributed by atoms with Crippen LogP contribution in [0.25, 0.3) is 11.1 Å². The van der Waals surface area contributed by atoms with Crippen LogP contribution in [0.4, 0.5) is 5.69 Å². The van der Waals surface area contributed by atoms with Gasteiger partial charge in [0.2, 0.25) is 0 Å². The van der Waals surface area contributed by atoms with Gasteiger partial charge in [-0.2, -0.15) is 0 Å². The summed E-state index contributed by atoms with van der Waals surface area (Å²) in [6, 6.07) is 13.5. The van der Waals surface area contributed by atoms with Gasteiger partial charge < -0.3 is 19.3 Å². The van der Waals surface area contributed by atoms with E-state index in [9.17, 15) is 18.7 Å². The van der Waals surface area contributed by atoms with Gasteiger partial charge in [0, 0.05) is 23.5 Å². The highest BCUT2D eigenvalue weighted by molar-refractivity contribution is 7.80. The summed E-state index contributed by atoms with van der Waals surface area (Å²) in [6.07, 6.45) is 7.89. The minimum atomic E-state index is -2.70. The zero-order valence-electron chi connectivity index (χ0n) is 20.3. The number of carbonyl (C=O) groups is 1. The molecule has 2 unspecified atom stereocenters. The van der Waals surface area contributed by atoms with Gasteiger partial charge in [-0.25, -0.2) is 4.79 Å². The second-order valence-electron chi connectivity index (χ2n) is 9.74. The molecule has 0 amide bonds. The first-order valence-corrected chi connectivity index (χ1v) is 13.6. The molecule has 35 heavy (non-hydrogen) atoms. The number of methoxy groups -OCH3 is 1. The number of benzene rings is 2. The van der Waals surface area contributed by atoms with Crippen LogP contribution in [-0.2, 0) is 16.1 Å². The molecule has 1 aliphatic carbocycles. The van der Waals surface area contributed by atoms with Crippen LogP contribution in [-0.4, -0.2) is 57.5 Å². The minimum absolute atomic E-state index is 0.228. The molecule has 1 saturated carbocycles. The number of carboxylic acid groups (broad SMARTS) is 1. The van der Waals surface area contributed by atoms with E-state index in [1.165, 1.54) is 32.1 Å². The van der Waals surface area contributed by atoms with E-state index in [0.717, 1.165) is 46.7 Å². The summed E-state index contributed by atoms with van der Waals surface area (Å²) in [5.74, 6) is 0.172. The van der Waals surface area contributed by atoms with Gasteiger partial charge >= 0.3 is 5.97 Å². The largest absolute Gasteiger partial charge is 0.755 e. The summed E-state index contributed by atoms with van der Waals surface area (Å²) in [4.78, 5) is 14.8. The smallest absolute Gasteiger partial charge is 0.327 e. The SMILES string of the molecule is COc1ccc(-c2ccc(N(C(C(=O)O)C3CCN(CC4CCCCC4)CC3)S(=O)[O-])cc2)cc1. The van der Waals surface area contributed by atoms with Crippen LogP contribution >= 0.6 is 0 Å². The molecule has 1 aliphatic heterocycles. The van der Waals surface area contributed by atoms with Crippen molar-refractivity contribution >= 4 is 22.9 Å². The lowest BCUT2D eigenvalue weighted by Crippen LogP contribution is -2.51. The van der Waals surface area contributed by atoms with Gasteiger partial charge in [0.05, 0.1) is 7.11 Å². The van der Waals surface area contributed by atoms with E-state index in [1.54, 1.807) is 19.2 Å². The molecule has 0 radical (unpaired) electrons. The Labute approximate surface area is 210 Å². The Bertz CT molecular complexity index is 984. The van der Waals surface area contributed by atoms with Crippen molar-refractivity contribution in [1.29, 1.82) is 0 Å². The molecule has 7 nitrogen and oxygen atoms in total. The first-order chi connectivity index (χ1) is 17.0. The second-order valence-corrected chi connectivity index (χ2v) is 10.6. The van der Waals surface area contributed by atoms with E-state index < -0.39 is 23.3 Å². The predicted molar refractivity (Wildman–Crippen MR) is 137 cm³/mol. The lowest BCUT2D eigenvalue weighted by molar-refractivity contribution is -0.140. The molecule has 1 N–H and O–H groups in total. The standard InChI is InChI=1S/C27H36N2O5S/c1-34-25-13-9-22(10-14-25)21-7-11-24(12-8-21)29(35(32)33)26(27(30)31)23-15-17-28(18-16-23)19-20-5-3-2-4-6-20/h7-14,20,23,26H,2-6,15-19H2,1H3,(H,30,31)(H,32,33)/p-1. The summed E-state index contributed by atoms with van der Waals surface area (Å²) in [5, 5.41) is 10.1. The quantitative estimate of drug-likeness (QED) is 0.503. The molecule has 2 aromatic carbocycles. The minimum Gasteiger partial charge on any atom is -0.755 e. The van der Waals surface area contributed by atoms with Crippen molar-refractivity contribution < 1.29 is 23.4 Å². The molecule has 2 fully saturated rings. The Morgan fingerprint density at radius 1 is 1.03 bits per heavy atom. The highest BCUT2D eigenvalue weighted by Gasteiger charge is 2.37. The van der Waals surface area contributed by atoms with Crippen molar-refractivity contribution in [2.45, 2.75) is 51.0 Å². The van der Waals surface area contributed by atoms with Crippen molar-refractivity contribution in [3.8, 4) is 16.9 Å². The number of hydrogen-bond donors (Lipinski definition) is 1. The molecule has 1 saturated heterocycles. The molecule has 2 aromatic rings. The molecule has 2 aliphatic rings. The van der Waals surface area contributed by atoms with Crippen molar-refractivity contribution in [3.63, 3.8) is 0 Å². The van der Waals surface area contributed by atoms with Crippen LogP contribution in [0.3, 0.4) is 0 Å². The average molecular weight is 500 g/mol. The Kier molecular flexibility index (Phi) is 8.81. The van der Waals surface area contributed by atoms with Crippen molar-refractivity contribution in [2.75, 3.05) is 31.0 Å². The van der Waals surface area contributed by atoms with Crippen LogP contribution in [0.5, 0.6) is 5.75 Å². The Morgan fingerprint density at radius 3 is 2.11 bits per heavy atom. The molecule has 8 heteroatoms. The summed E-state index contributed by atoms with van der Waals surface area (Å²) in [7, 11) is 1.61. The average Bonchev–Trinajstić information content (AvgIpc) is 2.88. The third kappa shape index (κ3) is 6.42. The number of carboxylic acids is 1. The topological polar surface area (TPSA) is 93.1 Å². The van der Waals surface area contributed by atoms with E-state index in [4.69, 9.17) is 4.74 Å². The fourth-order valence-corrected chi connectivity index (χ4v) is 6.34. The number of rotatable bonds is 9. The fourth-order valence-electron chi connectivity index (χ4n) is 5.60. The normalized spacial score (nSPS) is 19.7. The van der Waals surface area contributed by atoms with Gasteiger partial charge in [0.1, 0.15) is 11.8 Å². The Morgan fingerprint density at radius 2 is 1.60 bits per heavy atom. The number of piperidine rings is 1. The molecule has 0 spiro atoms. The molecular weight excluding hydrogens is 464 g/mol. The number of anilines is 1. The third-order valence-electron chi connectivity index (χ3n) is 7.53. The second kappa shape index (κ2) is 12.0. The van der Waals surface area contributed by atoms with Crippen LogP contribution in [0, 0.1) is 11.8 Å². The van der Waals surface area contributed by atoms with E-state index in [-0.39, 0.29) is 5.92 Å². The van der Waals surface area contributed by atoms with E-state index in [1.807, 2.05) is 36.4 Å². The number of aliphatic carboxylic acids is 1. The Balaban J connectivity index is 1.46. The number of ether oxygens (including phenoxy) is 1. The van der Waals surface area contributed by atoms with Crippen LogP contribution in [0.1, 0.15) is 44.9 Å². The zero-order valence-corrected chi connectivity index (χ0v) is 21.1. The maximum atomic E-state index is 12.3. The van der Waals surface area contributed by atoms with Gasteiger partial charge in [-0.05, 0) is 86.0 Å². The number of nitrogens with zero attached hydrogens (tertiary/aromatic N) is 2. The summed E-state index contributed by atoms with van der Waals surface area (Å²) in [6.45, 7) is 2.72. The lowest BCUT2D eigenvalue weighted by atomic mass is 9.86. The summed E-state index contributed by atoms with van der Waals surface area (Å²) < 4.78 is 30.8. The highest BCUT2D eigenvalue weighted by atomic mass is 32.2. The van der Waals surface area contributed by atoms with Gasteiger partial charge in [-0.3, -0.25) is 8.51 Å². The van der Waals surface area contributed by atoms with Crippen LogP contribution in [0.2, 0.25) is 0 Å². The van der Waals surface area contributed by atoms with Crippen molar-refractivity contribution in [3.05, 3.63) is 48.5 Å². The van der Waals surface area contributed by atoms with E-state index in [2.05, 4.69) is 4.90 Å². The predicted octanol–water partition coefficient (Wildman–Crippen LogP) is 4.71. The number of likely N-dealkylation sites (tertiary alicyclic amines) is 1. The lowest BCUT2D eigenvalue weighted by Gasteiger charge is -2.41. The molecular formula is C27H35N2O5S-. The molecule has 0 bridgehead atoms. The van der Waals surface area contributed by atoms with Crippen molar-refractivity contribution in [1.82, 2.24) is 4.90 Å². The first kappa shape index (κ1) is 25.7. The molecule has 2 atom stereocenters. The van der Waals surface area contributed by atoms with Gasteiger partial charge in [-0.15, -0.1) is 0 Å². The van der Waals surface area contributed by atoms with E-state index >= 15 is 0 Å².